The van der Waals surface area contributed by atoms with Gasteiger partial charge in [0.15, 0.2) is 11.5 Å². The van der Waals surface area contributed by atoms with Crippen LogP contribution in [0.5, 0.6) is 0 Å². The van der Waals surface area contributed by atoms with Crippen LogP contribution in [0.15, 0.2) is 57.9 Å². The van der Waals surface area contributed by atoms with Crippen molar-refractivity contribution in [3.63, 3.8) is 0 Å². The number of aromatic nitrogens is 2. The molecule has 2 N–H and O–H groups in total. The van der Waals surface area contributed by atoms with Crippen molar-refractivity contribution in [3.8, 4) is 11.1 Å². The van der Waals surface area contributed by atoms with Crippen molar-refractivity contribution in [2.24, 2.45) is 10.7 Å². The van der Waals surface area contributed by atoms with E-state index in [0.29, 0.717) is 10.8 Å². The Hall–Kier alpha value is -2.38. The number of halogens is 1. The molecule has 1 amide bonds. The molecule has 1 aromatic carbocycles. The van der Waals surface area contributed by atoms with Gasteiger partial charge in [-0.3, -0.25) is 9.69 Å². The number of hydrogen-bond donors (Lipinski definition) is 1. The van der Waals surface area contributed by atoms with Crippen molar-refractivity contribution in [1.29, 1.82) is 0 Å². The van der Waals surface area contributed by atoms with Crippen LogP contribution in [-0.2, 0) is 10.3 Å². The Balaban J connectivity index is 1.92. The molecule has 6 nitrogen and oxygen atoms in total. The predicted molar refractivity (Wildman–Crippen MR) is 108 cm³/mol. The molecule has 27 heavy (non-hydrogen) atoms. The van der Waals surface area contributed by atoms with Crippen molar-refractivity contribution in [3.05, 3.63) is 58.5 Å². The molecule has 3 heterocycles. The molecular formula is C19H18ClN5OS. The lowest BCUT2D eigenvalue weighted by molar-refractivity contribution is -0.129. The minimum atomic E-state index is -1.22. The fourth-order valence-electron chi connectivity index (χ4n) is 3.52. The Labute approximate surface area is 166 Å². The van der Waals surface area contributed by atoms with Gasteiger partial charge in [-0.1, -0.05) is 36.7 Å². The number of nitrogens with zero attached hydrogens (tertiary/aromatic N) is 4. The van der Waals surface area contributed by atoms with Gasteiger partial charge in [0.05, 0.1) is 4.36 Å². The highest BCUT2D eigenvalue weighted by Crippen LogP contribution is 2.51. The topological polar surface area (TPSA) is 84.5 Å². The van der Waals surface area contributed by atoms with E-state index in [1.54, 1.807) is 31.2 Å². The number of thioether (sulfide) groups is 1. The lowest BCUT2D eigenvalue weighted by Crippen LogP contribution is -2.41. The van der Waals surface area contributed by atoms with Gasteiger partial charge in [0.2, 0.25) is 0 Å². The second-order valence-corrected chi connectivity index (χ2v) is 8.69. The Kier molecular flexibility index (Phi) is 4.44. The molecule has 138 valence electrons. The van der Waals surface area contributed by atoms with Crippen LogP contribution in [-0.4, -0.2) is 39.0 Å². The van der Waals surface area contributed by atoms with Crippen molar-refractivity contribution in [1.82, 2.24) is 14.9 Å². The molecule has 0 saturated heterocycles. The highest BCUT2D eigenvalue weighted by molar-refractivity contribution is 8.05. The summed E-state index contributed by atoms with van der Waals surface area (Å²) >= 11 is 8.11. The number of amides is 1. The highest BCUT2D eigenvalue weighted by Gasteiger charge is 2.53. The van der Waals surface area contributed by atoms with E-state index in [1.165, 1.54) is 11.2 Å². The summed E-state index contributed by atoms with van der Waals surface area (Å²) < 4.78 is 0.621. The number of carbonyl (C=O) groups is 1. The fraction of sp³-hybridized carbons (Fsp3) is 0.263. The summed E-state index contributed by atoms with van der Waals surface area (Å²) in [5, 5.41) is 0.283. The van der Waals surface area contributed by atoms with Crippen molar-refractivity contribution < 1.29 is 4.79 Å². The minimum absolute atomic E-state index is 0.190. The number of likely N-dealkylation sites (N-methyl/N-ethyl adjacent to an activating group) is 1. The van der Waals surface area contributed by atoms with Gasteiger partial charge >= 0.3 is 0 Å². The first kappa shape index (κ1) is 18.0. The normalized spacial score (nSPS) is 25.3. The molecule has 0 radical (unpaired) electrons. The predicted octanol–water partition coefficient (Wildman–Crippen LogP) is 3.10. The van der Waals surface area contributed by atoms with E-state index in [2.05, 4.69) is 21.9 Å². The number of hydrogen-bond acceptors (Lipinski definition) is 6. The highest BCUT2D eigenvalue weighted by atomic mass is 35.5. The van der Waals surface area contributed by atoms with Gasteiger partial charge in [0.1, 0.15) is 6.33 Å². The summed E-state index contributed by atoms with van der Waals surface area (Å²) in [5.74, 6) is -0.000668. The van der Waals surface area contributed by atoms with Crippen molar-refractivity contribution >= 4 is 35.2 Å². The Morgan fingerprint density at radius 2 is 2.04 bits per heavy atom. The van der Waals surface area contributed by atoms with Gasteiger partial charge in [-0.15, -0.1) is 11.8 Å². The van der Waals surface area contributed by atoms with Gasteiger partial charge in [0.25, 0.3) is 5.91 Å². The molecule has 2 aromatic rings. The molecule has 2 aliphatic heterocycles. The average Bonchev–Trinajstić information content (AvgIpc) is 3.14. The van der Waals surface area contributed by atoms with Gasteiger partial charge < -0.3 is 5.73 Å². The number of carbonyl (C=O) groups excluding carboxylic acids is 1. The molecule has 8 heteroatoms. The van der Waals surface area contributed by atoms with E-state index in [-0.39, 0.29) is 17.1 Å². The molecular weight excluding hydrogens is 382 g/mol. The lowest BCUT2D eigenvalue weighted by Gasteiger charge is -2.28. The van der Waals surface area contributed by atoms with E-state index in [1.807, 2.05) is 24.3 Å². The van der Waals surface area contributed by atoms with Crippen LogP contribution in [0.25, 0.3) is 11.1 Å². The van der Waals surface area contributed by atoms with Crippen LogP contribution < -0.4 is 5.73 Å². The average molecular weight is 400 g/mol. The summed E-state index contributed by atoms with van der Waals surface area (Å²) in [6.45, 7) is 2.09. The first-order valence-corrected chi connectivity index (χ1v) is 9.74. The molecule has 0 spiro atoms. The Morgan fingerprint density at radius 3 is 2.63 bits per heavy atom. The molecule has 0 bridgehead atoms. The van der Waals surface area contributed by atoms with E-state index in [4.69, 9.17) is 17.3 Å². The van der Waals surface area contributed by atoms with E-state index in [9.17, 15) is 4.79 Å². The third-order valence-corrected chi connectivity index (χ3v) is 6.40. The van der Waals surface area contributed by atoms with Gasteiger partial charge in [0, 0.05) is 30.3 Å². The van der Waals surface area contributed by atoms with Crippen molar-refractivity contribution in [2.45, 2.75) is 24.1 Å². The lowest BCUT2D eigenvalue weighted by atomic mass is 9.80. The standard InChI is InChI=1S/C19H18ClN5OS/c1-11-6-15(16(20)27-11)19(17(26)25(2)18(21)24-19)14-5-3-4-12(7-14)13-8-22-10-23-9-13/h3-5,7-11H,6H2,1-2H3,(H2,21,24). The smallest absolute Gasteiger partial charge is 0.266 e. The molecule has 2 atom stereocenters. The second-order valence-electron chi connectivity index (χ2n) is 6.64. The summed E-state index contributed by atoms with van der Waals surface area (Å²) in [4.78, 5) is 27.5. The largest absolute Gasteiger partial charge is 0.369 e. The van der Waals surface area contributed by atoms with Crippen LogP contribution in [0, 0.1) is 0 Å². The SMILES string of the molecule is CC1CC(C2(c3cccc(-c4cncnc4)c3)N=C(N)N(C)C2=O)=C(Cl)S1. The maximum atomic E-state index is 13.3. The molecule has 0 aliphatic carbocycles. The van der Waals surface area contributed by atoms with Gasteiger partial charge in [-0.25, -0.2) is 15.0 Å². The Morgan fingerprint density at radius 1 is 1.30 bits per heavy atom. The zero-order chi connectivity index (χ0) is 19.2. The zero-order valence-corrected chi connectivity index (χ0v) is 16.5. The van der Waals surface area contributed by atoms with Crippen LogP contribution >= 0.6 is 23.4 Å². The molecule has 4 rings (SSSR count). The van der Waals surface area contributed by atoms with Crippen LogP contribution in [0.3, 0.4) is 0 Å². The summed E-state index contributed by atoms with van der Waals surface area (Å²) in [6, 6.07) is 7.69. The number of nitrogens with two attached hydrogens (primary N) is 1. The number of rotatable bonds is 3. The number of guanidine groups is 1. The van der Waals surface area contributed by atoms with Crippen molar-refractivity contribution in [2.75, 3.05) is 7.05 Å². The summed E-state index contributed by atoms with van der Waals surface area (Å²) in [7, 11) is 1.64. The number of aliphatic imine (C=N–C) groups is 1. The minimum Gasteiger partial charge on any atom is -0.369 e. The summed E-state index contributed by atoms with van der Waals surface area (Å²) in [5.41, 5.74) is 8.13. The first-order chi connectivity index (χ1) is 12.9. The Bertz CT molecular complexity index is 977. The fourth-order valence-corrected chi connectivity index (χ4v) is 5.17. The van der Waals surface area contributed by atoms with E-state index in [0.717, 1.165) is 22.3 Å². The quantitative estimate of drug-likeness (QED) is 0.857. The number of benzene rings is 1. The molecule has 0 saturated carbocycles. The zero-order valence-electron chi connectivity index (χ0n) is 14.9. The van der Waals surface area contributed by atoms with Gasteiger partial charge in [-0.2, -0.15) is 0 Å². The molecule has 2 aliphatic rings. The third-order valence-electron chi connectivity index (χ3n) is 4.88. The van der Waals surface area contributed by atoms with Crippen LogP contribution in [0.4, 0.5) is 0 Å². The third kappa shape index (κ3) is 2.82. The molecule has 0 fully saturated rings. The van der Waals surface area contributed by atoms with E-state index >= 15 is 0 Å². The molecule has 2 unspecified atom stereocenters. The monoisotopic (exact) mass is 399 g/mol. The first-order valence-electron chi connectivity index (χ1n) is 8.48. The maximum absolute atomic E-state index is 13.3. The van der Waals surface area contributed by atoms with Crippen LogP contribution in [0.2, 0.25) is 0 Å². The maximum Gasteiger partial charge on any atom is 0.266 e. The van der Waals surface area contributed by atoms with Crippen LogP contribution in [0.1, 0.15) is 18.9 Å². The summed E-state index contributed by atoms with van der Waals surface area (Å²) in [6.07, 6.45) is 5.63. The molecule has 1 aromatic heterocycles. The second kappa shape index (κ2) is 6.65. The van der Waals surface area contributed by atoms with Gasteiger partial charge in [-0.05, 0) is 29.2 Å². The van der Waals surface area contributed by atoms with E-state index < -0.39 is 5.54 Å².